The Morgan fingerprint density at radius 2 is 1.96 bits per heavy atom. The van der Waals surface area contributed by atoms with Gasteiger partial charge in [-0.3, -0.25) is 4.79 Å². The predicted molar refractivity (Wildman–Crippen MR) is 101 cm³/mol. The van der Waals surface area contributed by atoms with Crippen LogP contribution in [0.15, 0.2) is 42.6 Å². The van der Waals surface area contributed by atoms with E-state index < -0.39 is 6.10 Å². The number of amides is 1. The predicted octanol–water partition coefficient (Wildman–Crippen LogP) is 3.35. The Bertz CT molecular complexity index is 696. The molecule has 0 spiro atoms. The van der Waals surface area contributed by atoms with Gasteiger partial charge in [-0.2, -0.15) is 0 Å². The topological polar surface area (TPSA) is 54.5 Å². The number of ether oxygens (including phenoxy) is 1. The van der Waals surface area contributed by atoms with Crippen LogP contribution in [0, 0.1) is 0 Å². The second-order valence-corrected chi connectivity index (χ2v) is 6.62. The SMILES string of the molecule is CC(C)c1cccc(O[C@H](C)C(=O)NCc2ccc(N(C)C)nc2)c1. The lowest BCUT2D eigenvalue weighted by molar-refractivity contribution is -0.127. The molecule has 1 aromatic heterocycles. The molecule has 0 unspecified atom stereocenters. The molecule has 5 nitrogen and oxygen atoms in total. The van der Waals surface area contributed by atoms with E-state index in [9.17, 15) is 4.79 Å². The average molecular weight is 341 g/mol. The lowest BCUT2D eigenvalue weighted by Gasteiger charge is -2.16. The van der Waals surface area contributed by atoms with Crippen LogP contribution in [0.4, 0.5) is 5.82 Å². The third kappa shape index (κ3) is 5.48. The average Bonchev–Trinajstić information content (AvgIpc) is 2.60. The zero-order valence-electron chi connectivity index (χ0n) is 15.6. The molecule has 2 rings (SSSR count). The van der Waals surface area contributed by atoms with Gasteiger partial charge in [0.25, 0.3) is 5.91 Å². The Hall–Kier alpha value is -2.56. The van der Waals surface area contributed by atoms with Crippen LogP contribution in [-0.2, 0) is 11.3 Å². The summed E-state index contributed by atoms with van der Waals surface area (Å²) >= 11 is 0. The van der Waals surface area contributed by atoms with Gasteiger partial charge in [-0.05, 0) is 42.2 Å². The number of aromatic nitrogens is 1. The van der Waals surface area contributed by atoms with Gasteiger partial charge in [-0.1, -0.05) is 32.0 Å². The third-order valence-corrected chi connectivity index (χ3v) is 3.94. The fourth-order valence-corrected chi connectivity index (χ4v) is 2.32. The molecule has 1 atom stereocenters. The van der Waals surface area contributed by atoms with Gasteiger partial charge in [0.2, 0.25) is 0 Å². The zero-order valence-corrected chi connectivity index (χ0v) is 15.6. The number of nitrogens with one attached hydrogen (secondary N) is 1. The standard InChI is InChI=1S/C20H27N3O2/c1-14(2)17-7-6-8-18(11-17)25-15(3)20(24)22-13-16-9-10-19(21-12-16)23(4)5/h6-12,14-15H,13H2,1-5H3,(H,22,24)/t15-/m1/s1. The number of hydrogen-bond acceptors (Lipinski definition) is 4. The molecule has 0 aliphatic carbocycles. The van der Waals surface area contributed by atoms with Crippen molar-refractivity contribution in [1.82, 2.24) is 10.3 Å². The molecule has 25 heavy (non-hydrogen) atoms. The Balaban J connectivity index is 1.88. The van der Waals surface area contributed by atoms with Gasteiger partial charge in [-0.25, -0.2) is 4.98 Å². The highest BCUT2D eigenvalue weighted by Crippen LogP contribution is 2.21. The molecule has 0 saturated heterocycles. The summed E-state index contributed by atoms with van der Waals surface area (Å²) < 4.78 is 5.77. The highest BCUT2D eigenvalue weighted by molar-refractivity contribution is 5.80. The van der Waals surface area contributed by atoms with Crippen molar-refractivity contribution in [2.75, 3.05) is 19.0 Å². The fraction of sp³-hybridized carbons (Fsp3) is 0.400. The van der Waals surface area contributed by atoms with E-state index in [1.165, 1.54) is 5.56 Å². The van der Waals surface area contributed by atoms with E-state index >= 15 is 0 Å². The fourth-order valence-electron chi connectivity index (χ4n) is 2.32. The molecule has 0 aliphatic heterocycles. The summed E-state index contributed by atoms with van der Waals surface area (Å²) in [4.78, 5) is 18.5. The first-order chi connectivity index (χ1) is 11.9. The summed E-state index contributed by atoms with van der Waals surface area (Å²) in [5, 5.41) is 2.89. The molecule has 134 valence electrons. The van der Waals surface area contributed by atoms with Crippen LogP contribution >= 0.6 is 0 Å². The molecule has 0 aliphatic rings. The summed E-state index contributed by atoms with van der Waals surface area (Å²) in [5.74, 6) is 1.87. The Kier molecular flexibility index (Phi) is 6.39. The van der Waals surface area contributed by atoms with Gasteiger partial charge < -0.3 is 15.0 Å². The summed E-state index contributed by atoms with van der Waals surface area (Å²) in [5.41, 5.74) is 2.14. The van der Waals surface area contributed by atoms with Crippen LogP contribution < -0.4 is 15.0 Å². The van der Waals surface area contributed by atoms with Crippen LogP contribution in [0.5, 0.6) is 5.75 Å². The quantitative estimate of drug-likeness (QED) is 0.839. The van der Waals surface area contributed by atoms with Crippen molar-refractivity contribution in [1.29, 1.82) is 0 Å². The lowest BCUT2D eigenvalue weighted by Crippen LogP contribution is -2.35. The molecule has 2 aromatic rings. The van der Waals surface area contributed by atoms with E-state index in [0.717, 1.165) is 11.4 Å². The summed E-state index contributed by atoms with van der Waals surface area (Å²) in [6, 6.07) is 11.8. The maximum absolute atomic E-state index is 12.2. The first-order valence-electron chi connectivity index (χ1n) is 8.53. The molecule has 0 saturated carbocycles. The molecule has 1 N–H and O–H groups in total. The summed E-state index contributed by atoms with van der Waals surface area (Å²) in [6.07, 6.45) is 1.21. The number of anilines is 1. The minimum absolute atomic E-state index is 0.147. The number of carbonyl (C=O) groups is 1. The summed E-state index contributed by atoms with van der Waals surface area (Å²) in [7, 11) is 3.88. The number of hydrogen-bond donors (Lipinski definition) is 1. The maximum atomic E-state index is 12.2. The van der Waals surface area contributed by atoms with Gasteiger partial charge in [0.15, 0.2) is 6.10 Å². The number of carbonyl (C=O) groups excluding carboxylic acids is 1. The van der Waals surface area contributed by atoms with Gasteiger partial charge in [0.05, 0.1) is 0 Å². The maximum Gasteiger partial charge on any atom is 0.261 e. The highest BCUT2D eigenvalue weighted by atomic mass is 16.5. The molecule has 1 aromatic carbocycles. The van der Waals surface area contributed by atoms with E-state index in [1.807, 2.05) is 49.3 Å². The van der Waals surface area contributed by atoms with E-state index in [1.54, 1.807) is 13.1 Å². The van der Waals surface area contributed by atoms with Crippen molar-refractivity contribution in [3.8, 4) is 5.75 Å². The largest absolute Gasteiger partial charge is 0.481 e. The lowest BCUT2D eigenvalue weighted by atomic mass is 10.0. The Labute approximate surface area is 150 Å². The van der Waals surface area contributed by atoms with Gasteiger partial charge in [-0.15, -0.1) is 0 Å². The molecular weight excluding hydrogens is 314 g/mol. The number of pyridine rings is 1. The number of nitrogens with zero attached hydrogens (tertiary/aromatic N) is 2. The highest BCUT2D eigenvalue weighted by Gasteiger charge is 2.15. The molecular formula is C20H27N3O2. The smallest absolute Gasteiger partial charge is 0.261 e. The van der Waals surface area contributed by atoms with Crippen molar-refractivity contribution in [2.24, 2.45) is 0 Å². The summed E-state index contributed by atoms with van der Waals surface area (Å²) in [6.45, 7) is 6.44. The second kappa shape index (κ2) is 8.51. The monoisotopic (exact) mass is 341 g/mol. The van der Waals surface area contributed by atoms with Gasteiger partial charge in [0, 0.05) is 26.8 Å². The molecule has 1 amide bonds. The Morgan fingerprint density at radius 3 is 2.56 bits per heavy atom. The zero-order chi connectivity index (χ0) is 18.4. The minimum Gasteiger partial charge on any atom is -0.481 e. The van der Waals surface area contributed by atoms with Crippen molar-refractivity contribution in [2.45, 2.75) is 39.3 Å². The first kappa shape index (κ1) is 18.8. The van der Waals surface area contributed by atoms with Crippen LogP contribution in [0.3, 0.4) is 0 Å². The van der Waals surface area contributed by atoms with Crippen molar-refractivity contribution < 1.29 is 9.53 Å². The van der Waals surface area contributed by atoms with Crippen LogP contribution in [-0.4, -0.2) is 31.1 Å². The van der Waals surface area contributed by atoms with Crippen LogP contribution in [0.1, 0.15) is 37.8 Å². The van der Waals surface area contributed by atoms with Crippen LogP contribution in [0.2, 0.25) is 0 Å². The van der Waals surface area contributed by atoms with E-state index in [-0.39, 0.29) is 5.91 Å². The van der Waals surface area contributed by atoms with E-state index in [0.29, 0.717) is 18.2 Å². The van der Waals surface area contributed by atoms with Crippen LogP contribution in [0.25, 0.3) is 0 Å². The number of rotatable bonds is 7. The third-order valence-electron chi connectivity index (χ3n) is 3.94. The van der Waals surface area contributed by atoms with Gasteiger partial charge >= 0.3 is 0 Å². The Morgan fingerprint density at radius 1 is 1.20 bits per heavy atom. The van der Waals surface area contributed by atoms with E-state index in [4.69, 9.17) is 4.74 Å². The first-order valence-corrected chi connectivity index (χ1v) is 8.53. The molecule has 1 heterocycles. The van der Waals surface area contributed by atoms with Crippen molar-refractivity contribution in [3.05, 3.63) is 53.7 Å². The minimum atomic E-state index is -0.559. The second-order valence-electron chi connectivity index (χ2n) is 6.62. The van der Waals surface area contributed by atoms with E-state index in [2.05, 4.69) is 30.2 Å². The normalized spacial score (nSPS) is 11.9. The van der Waals surface area contributed by atoms with Crippen molar-refractivity contribution >= 4 is 11.7 Å². The molecule has 5 heteroatoms. The molecule has 0 fully saturated rings. The number of benzene rings is 1. The van der Waals surface area contributed by atoms with Crippen molar-refractivity contribution in [3.63, 3.8) is 0 Å². The molecule has 0 radical (unpaired) electrons. The van der Waals surface area contributed by atoms with Gasteiger partial charge in [0.1, 0.15) is 11.6 Å². The molecule has 0 bridgehead atoms.